The third-order valence-corrected chi connectivity index (χ3v) is 11.7. The van der Waals surface area contributed by atoms with E-state index >= 15 is 0 Å². The molecule has 0 aromatic heterocycles. The maximum atomic E-state index is 14.8. The van der Waals surface area contributed by atoms with Crippen LogP contribution >= 0.6 is 26.2 Å². The van der Waals surface area contributed by atoms with Crippen molar-refractivity contribution < 1.29 is 39.5 Å². The third-order valence-electron chi connectivity index (χ3n) is 5.95. The summed E-state index contributed by atoms with van der Waals surface area (Å²) in [6, 6.07) is 4.94. The van der Waals surface area contributed by atoms with Gasteiger partial charge in [-0.2, -0.15) is 17.2 Å². The fourth-order valence-electron chi connectivity index (χ4n) is 3.86. The standard InChI is InChI=1S/C24H36BrF3O6S2/c1-35(22-15-8-11-17-32-22,21-14-12-13-20(26)19-21)34-36(30,31)24(27,28)23(29)33-18-10-7-5-3-2-4-6-9-16-25/h12-14,19,22H,2-11,15-18H2,1H3. The van der Waals surface area contributed by atoms with Gasteiger partial charge < -0.3 is 9.47 Å². The summed E-state index contributed by atoms with van der Waals surface area (Å²) < 4.78 is 84.2. The molecule has 6 nitrogen and oxygen atoms in total. The molecule has 0 radical (unpaired) electrons. The summed E-state index contributed by atoms with van der Waals surface area (Å²) in [6.45, 7) is -0.0193. The minimum atomic E-state index is -5.77. The molecule has 0 bridgehead atoms. The Morgan fingerprint density at radius 3 is 2.31 bits per heavy atom. The molecule has 0 saturated carbocycles. The summed E-state index contributed by atoms with van der Waals surface area (Å²) >= 11 is 3.39. The molecule has 1 fully saturated rings. The lowest BCUT2D eigenvalue weighted by molar-refractivity contribution is -0.161. The molecule has 2 atom stereocenters. The van der Waals surface area contributed by atoms with Crippen LogP contribution in [0, 0.1) is 5.82 Å². The molecule has 1 aliphatic rings. The Labute approximate surface area is 222 Å². The van der Waals surface area contributed by atoms with E-state index in [0.29, 0.717) is 32.3 Å². The predicted molar refractivity (Wildman–Crippen MR) is 138 cm³/mol. The van der Waals surface area contributed by atoms with Crippen molar-refractivity contribution >= 4 is 42.3 Å². The largest absolute Gasteiger partial charge is 0.466 e. The van der Waals surface area contributed by atoms with Gasteiger partial charge in [0.1, 0.15) is 11.3 Å². The van der Waals surface area contributed by atoms with E-state index in [1.54, 1.807) is 0 Å². The van der Waals surface area contributed by atoms with Gasteiger partial charge in [0, 0.05) is 16.8 Å². The molecule has 208 valence electrons. The van der Waals surface area contributed by atoms with E-state index in [1.807, 2.05) is 0 Å². The van der Waals surface area contributed by atoms with Gasteiger partial charge in [0.2, 0.25) is 0 Å². The maximum Gasteiger partial charge on any atom is 0.466 e. The Kier molecular flexibility index (Phi) is 13.0. The topological polar surface area (TPSA) is 78.9 Å². The number of hydrogen-bond donors (Lipinski definition) is 0. The van der Waals surface area contributed by atoms with Crippen LogP contribution in [0.1, 0.15) is 70.6 Å². The second-order valence-corrected chi connectivity index (χ2v) is 14.4. The molecule has 0 N–H and O–H groups in total. The van der Waals surface area contributed by atoms with Crippen LogP contribution in [0.4, 0.5) is 13.2 Å². The molecule has 0 aliphatic carbocycles. The van der Waals surface area contributed by atoms with E-state index in [1.165, 1.54) is 18.4 Å². The van der Waals surface area contributed by atoms with E-state index in [9.17, 15) is 26.4 Å². The second-order valence-electron chi connectivity index (χ2n) is 8.85. The first-order chi connectivity index (χ1) is 17.0. The van der Waals surface area contributed by atoms with Gasteiger partial charge >= 0.3 is 21.3 Å². The van der Waals surface area contributed by atoms with Crippen molar-refractivity contribution in [3.05, 3.63) is 30.1 Å². The van der Waals surface area contributed by atoms with Gasteiger partial charge in [-0.1, -0.05) is 70.8 Å². The fourth-order valence-corrected chi connectivity index (χ4v) is 8.98. The number of carbonyl (C=O) groups is 1. The lowest BCUT2D eigenvalue weighted by atomic mass is 10.1. The molecular formula is C24H36BrF3O6S2. The van der Waals surface area contributed by atoms with Crippen molar-refractivity contribution in [1.29, 1.82) is 0 Å². The number of alkyl halides is 3. The first kappa shape index (κ1) is 31.4. The van der Waals surface area contributed by atoms with Gasteiger partial charge in [-0.15, -0.1) is 0 Å². The molecule has 1 aromatic rings. The first-order valence-corrected chi connectivity index (χ1v) is 16.8. The van der Waals surface area contributed by atoms with Gasteiger partial charge in [-0.25, -0.2) is 12.8 Å². The lowest BCUT2D eigenvalue weighted by Gasteiger charge is -2.43. The van der Waals surface area contributed by atoms with Crippen LogP contribution < -0.4 is 0 Å². The van der Waals surface area contributed by atoms with E-state index in [2.05, 4.69) is 20.7 Å². The van der Waals surface area contributed by atoms with Crippen LogP contribution in [0.15, 0.2) is 29.2 Å². The van der Waals surface area contributed by atoms with Crippen molar-refractivity contribution in [2.75, 3.05) is 24.8 Å². The van der Waals surface area contributed by atoms with Crippen molar-refractivity contribution in [3.8, 4) is 0 Å². The molecule has 1 aromatic carbocycles. The number of rotatable bonds is 16. The molecular weight excluding hydrogens is 585 g/mol. The van der Waals surface area contributed by atoms with Gasteiger partial charge in [-0.05, 0) is 56.6 Å². The smallest absolute Gasteiger partial charge is 0.460 e. The summed E-state index contributed by atoms with van der Waals surface area (Å²) in [4.78, 5) is 12.2. The van der Waals surface area contributed by atoms with E-state index in [-0.39, 0.29) is 11.5 Å². The zero-order chi connectivity index (χ0) is 26.7. The van der Waals surface area contributed by atoms with Crippen LogP contribution in [0.2, 0.25) is 0 Å². The summed E-state index contributed by atoms with van der Waals surface area (Å²) in [5.41, 5.74) is -0.853. The zero-order valence-electron chi connectivity index (χ0n) is 20.6. The number of halogens is 4. The average Bonchev–Trinajstić information content (AvgIpc) is 2.85. The summed E-state index contributed by atoms with van der Waals surface area (Å²) in [7, 11) is -8.87. The van der Waals surface area contributed by atoms with Crippen LogP contribution in [0.5, 0.6) is 0 Å². The highest BCUT2D eigenvalue weighted by Gasteiger charge is 2.58. The molecule has 0 spiro atoms. The monoisotopic (exact) mass is 620 g/mol. The molecule has 36 heavy (non-hydrogen) atoms. The average molecular weight is 622 g/mol. The summed E-state index contributed by atoms with van der Waals surface area (Å²) in [5.74, 6) is -2.85. The van der Waals surface area contributed by atoms with E-state index in [0.717, 1.165) is 62.4 Å². The maximum absolute atomic E-state index is 14.8. The van der Waals surface area contributed by atoms with Gasteiger partial charge in [0.15, 0.2) is 0 Å². The van der Waals surface area contributed by atoms with Crippen LogP contribution in [0.25, 0.3) is 0 Å². The van der Waals surface area contributed by atoms with Crippen molar-refractivity contribution in [3.63, 3.8) is 0 Å². The predicted octanol–water partition coefficient (Wildman–Crippen LogP) is 7.06. The van der Waals surface area contributed by atoms with E-state index < -0.39 is 42.9 Å². The number of benzene rings is 1. The highest BCUT2D eigenvalue weighted by molar-refractivity contribution is 9.09. The second kappa shape index (κ2) is 14.9. The first-order valence-electron chi connectivity index (χ1n) is 12.3. The highest BCUT2D eigenvalue weighted by atomic mass is 79.9. The molecule has 2 rings (SSSR count). The van der Waals surface area contributed by atoms with Crippen molar-refractivity contribution in [1.82, 2.24) is 0 Å². The molecule has 2 unspecified atom stereocenters. The zero-order valence-corrected chi connectivity index (χ0v) is 23.8. The third kappa shape index (κ3) is 8.89. The Morgan fingerprint density at radius 2 is 1.72 bits per heavy atom. The van der Waals surface area contributed by atoms with Crippen molar-refractivity contribution in [2.45, 2.75) is 86.2 Å². The summed E-state index contributed by atoms with van der Waals surface area (Å²) in [5, 5.41) is -3.93. The molecule has 1 saturated heterocycles. The fraction of sp³-hybridized carbons (Fsp3) is 0.708. The van der Waals surface area contributed by atoms with Gasteiger partial charge in [-0.3, -0.25) is 0 Å². The molecule has 12 heteroatoms. The number of ether oxygens (including phenoxy) is 2. The van der Waals surface area contributed by atoms with Crippen molar-refractivity contribution in [2.24, 2.45) is 0 Å². The molecule has 1 aliphatic heterocycles. The SMILES string of the molecule is CS(OS(=O)(=O)C(F)(F)C(=O)OCCCCCCCCCCBr)(c1cccc(F)c1)C1CCCCO1. The lowest BCUT2D eigenvalue weighted by Crippen LogP contribution is -2.42. The number of hydrogen-bond acceptors (Lipinski definition) is 6. The Balaban J connectivity index is 1.98. The van der Waals surface area contributed by atoms with Crippen LogP contribution in [0.3, 0.4) is 0 Å². The van der Waals surface area contributed by atoms with E-state index in [4.69, 9.17) is 8.37 Å². The Bertz CT molecular complexity index is 928. The minimum absolute atomic E-state index is 0.0920. The van der Waals surface area contributed by atoms with Gasteiger partial charge in [0.05, 0.1) is 6.61 Å². The number of unbranched alkanes of at least 4 members (excludes halogenated alkanes) is 7. The summed E-state index contributed by atoms with van der Waals surface area (Å²) in [6.07, 6.45) is 10.5. The van der Waals surface area contributed by atoms with Crippen LogP contribution in [-0.4, -0.2) is 49.9 Å². The Morgan fingerprint density at radius 1 is 1.08 bits per heavy atom. The molecule has 1 heterocycles. The number of esters is 1. The minimum Gasteiger partial charge on any atom is -0.460 e. The Hall–Kier alpha value is -0.820. The van der Waals surface area contributed by atoms with Gasteiger partial charge in [0.25, 0.3) is 0 Å². The quantitative estimate of drug-likeness (QED) is 0.112. The number of carbonyl (C=O) groups excluding carboxylic acids is 1. The normalized spacial score (nSPS) is 19.4. The highest BCUT2D eigenvalue weighted by Crippen LogP contribution is 2.62. The van der Waals surface area contributed by atoms with Crippen LogP contribution in [-0.2, 0) is 28.0 Å². The molecule has 0 amide bonds.